The summed E-state index contributed by atoms with van der Waals surface area (Å²) >= 11 is 7.90. The van der Waals surface area contributed by atoms with Crippen molar-refractivity contribution in [1.82, 2.24) is 4.57 Å². The van der Waals surface area contributed by atoms with E-state index in [1.807, 2.05) is 0 Å². The normalized spacial score (nSPS) is 12.5. The Bertz CT molecular complexity index is 1160. The monoisotopic (exact) mass is 446 g/mol. The van der Waals surface area contributed by atoms with Gasteiger partial charge in [-0.2, -0.15) is 8.42 Å². The summed E-state index contributed by atoms with van der Waals surface area (Å²) in [5.74, 6) is 0.137. The lowest BCUT2D eigenvalue weighted by atomic mass is 10.3. The molecule has 0 fully saturated rings. The standard InChI is InChI=1S/C16H15ClN2O5S3/c1-3-24-14(20)9-19-11-5-4-10(23-2)8-12(11)25-16(19)18-27(21,22)15-7-6-13(17)26-15/h4-8H,3,9H2,1-2H3. The summed E-state index contributed by atoms with van der Waals surface area (Å²) in [5.41, 5.74) is 0.659. The molecule has 1 aromatic carbocycles. The first-order valence-electron chi connectivity index (χ1n) is 7.73. The van der Waals surface area contributed by atoms with Crippen molar-refractivity contribution in [2.24, 2.45) is 4.40 Å². The number of thiophene rings is 1. The first-order valence-corrected chi connectivity index (χ1v) is 11.2. The van der Waals surface area contributed by atoms with E-state index >= 15 is 0 Å². The number of carbonyl (C=O) groups is 1. The van der Waals surface area contributed by atoms with E-state index in [1.54, 1.807) is 25.1 Å². The van der Waals surface area contributed by atoms with E-state index in [0.717, 1.165) is 27.4 Å². The average molecular weight is 447 g/mol. The van der Waals surface area contributed by atoms with Gasteiger partial charge in [0.1, 0.15) is 16.5 Å². The second-order valence-electron chi connectivity index (χ2n) is 5.23. The predicted molar refractivity (Wildman–Crippen MR) is 105 cm³/mol. The molecule has 27 heavy (non-hydrogen) atoms. The molecule has 0 saturated heterocycles. The third-order valence-corrected chi connectivity index (χ3v) is 7.61. The summed E-state index contributed by atoms with van der Waals surface area (Å²) in [6.07, 6.45) is 0. The van der Waals surface area contributed by atoms with E-state index in [1.165, 1.54) is 23.8 Å². The van der Waals surface area contributed by atoms with Crippen LogP contribution < -0.4 is 9.54 Å². The van der Waals surface area contributed by atoms with Crippen molar-refractivity contribution in [1.29, 1.82) is 0 Å². The van der Waals surface area contributed by atoms with Crippen molar-refractivity contribution in [2.45, 2.75) is 17.7 Å². The molecule has 0 amide bonds. The molecule has 0 saturated carbocycles. The zero-order valence-corrected chi connectivity index (χ0v) is 17.5. The number of ether oxygens (including phenoxy) is 2. The van der Waals surface area contributed by atoms with Crippen LogP contribution in [0.15, 0.2) is 38.9 Å². The molecule has 0 bridgehead atoms. The fourth-order valence-electron chi connectivity index (χ4n) is 2.32. The van der Waals surface area contributed by atoms with Gasteiger partial charge in [0.05, 0.1) is 28.3 Å². The Morgan fingerprint density at radius 1 is 1.26 bits per heavy atom. The number of hydrogen-bond acceptors (Lipinski definition) is 7. The van der Waals surface area contributed by atoms with Crippen molar-refractivity contribution >= 4 is 60.5 Å². The zero-order valence-electron chi connectivity index (χ0n) is 14.3. The van der Waals surface area contributed by atoms with Crippen LogP contribution >= 0.6 is 34.3 Å². The number of aromatic nitrogens is 1. The summed E-state index contributed by atoms with van der Waals surface area (Å²) in [7, 11) is -2.42. The van der Waals surface area contributed by atoms with Crippen molar-refractivity contribution in [2.75, 3.05) is 13.7 Å². The lowest BCUT2D eigenvalue weighted by Crippen LogP contribution is -2.23. The van der Waals surface area contributed by atoms with Crippen LogP contribution in [0.25, 0.3) is 10.2 Å². The molecule has 2 heterocycles. The smallest absolute Gasteiger partial charge is 0.326 e. The molecular weight excluding hydrogens is 432 g/mol. The molecule has 0 aliphatic carbocycles. The molecular formula is C16H15ClN2O5S3. The van der Waals surface area contributed by atoms with E-state index in [2.05, 4.69) is 4.40 Å². The van der Waals surface area contributed by atoms with E-state index in [9.17, 15) is 13.2 Å². The summed E-state index contributed by atoms with van der Waals surface area (Å²) in [6, 6.07) is 8.13. The maximum atomic E-state index is 12.6. The minimum Gasteiger partial charge on any atom is -0.497 e. The maximum absolute atomic E-state index is 12.6. The number of esters is 1. The minimum atomic E-state index is -3.96. The van der Waals surface area contributed by atoms with Crippen molar-refractivity contribution in [3.05, 3.63) is 39.5 Å². The number of nitrogens with zero attached hydrogens (tertiary/aromatic N) is 2. The number of carbonyl (C=O) groups excluding carboxylic acids is 1. The van der Waals surface area contributed by atoms with Crippen LogP contribution in [0.1, 0.15) is 6.92 Å². The number of fused-ring (bicyclic) bond motifs is 1. The van der Waals surface area contributed by atoms with Crippen LogP contribution in [0, 0.1) is 0 Å². The number of benzene rings is 1. The number of methoxy groups -OCH3 is 1. The fourth-order valence-corrected chi connectivity index (χ4v) is 6.04. The molecule has 0 aliphatic rings. The van der Waals surface area contributed by atoms with Gasteiger partial charge in [-0.05, 0) is 37.3 Å². The highest BCUT2D eigenvalue weighted by atomic mass is 35.5. The molecule has 11 heteroatoms. The van der Waals surface area contributed by atoms with Gasteiger partial charge < -0.3 is 14.0 Å². The second-order valence-corrected chi connectivity index (χ2v) is 9.79. The third kappa shape index (κ3) is 4.34. The highest BCUT2D eigenvalue weighted by Gasteiger charge is 2.18. The van der Waals surface area contributed by atoms with Gasteiger partial charge >= 0.3 is 5.97 Å². The molecule has 144 valence electrons. The number of rotatable bonds is 6. The first-order chi connectivity index (χ1) is 12.8. The molecule has 0 aliphatic heterocycles. The van der Waals surface area contributed by atoms with E-state index in [4.69, 9.17) is 21.1 Å². The fraction of sp³-hybridized carbons (Fsp3) is 0.250. The number of hydrogen-bond donors (Lipinski definition) is 0. The summed E-state index contributed by atoms with van der Waals surface area (Å²) in [4.78, 5) is 12.2. The van der Waals surface area contributed by atoms with E-state index in [0.29, 0.717) is 15.6 Å². The Balaban J connectivity index is 2.19. The van der Waals surface area contributed by atoms with Gasteiger partial charge in [0.25, 0.3) is 10.0 Å². The largest absolute Gasteiger partial charge is 0.497 e. The lowest BCUT2D eigenvalue weighted by Gasteiger charge is -2.05. The Labute approximate surface area is 168 Å². The summed E-state index contributed by atoms with van der Waals surface area (Å²) in [6.45, 7) is 1.78. The van der Waals surface area contributed by atoms with Gasteiger partial charge in [0, 0.05) is 0 Å². The van der Waals surface area contributed by atoms with Crippen LogP contribution in [0.5, 0.6) is 5.75 Å². The number of sulfonamides is 1. The molecule has 3 rings (SSSR count). The maximum Gasteiger partial charge on any atom is 0.326 e. The Morgan fingerprint density at radius 3 is 2.67 bits per heavy atom. The Hall–Kier alpha value is -1.88. The lowest BCUT2D eigenvalue weighted by molar-refractivity contribution is -0.143. The summed E-state index contributed by atoms with van der Waals surface area (Å²) in [5, 5.41) is 0. The Kier molecular flexibility index (Phi) is 5.89. The second kappa shape index (κ2) is 8.01. The predicted octanol–water partition coefficient (Wildman–Crippen LogP) is 3.28. The van der Waals surface area contributed by atoms with Crippen LogP contribution in [-0.4, -0.2) is 32.7 Å². The third-order valence-electron chi connectivity index (χ3n) is 3.48. The minimum absolute atomic E-state index is 0.0326. The van der Waals surface area contributed by atoms with Crippen LogP contribution in [0.4, 0.5) is 0 Å². The van der Waals surface area contributed by atoms with Crippen LogP contribution in [0.3, 0.4) is 0 Å². The number of halogens is 1. The highest BCUT2D eigenvalue weighted by molar-refractivity contribution is 7.92. The van der Waals surface area contributed by atoms with Crippen molar-refractivity contribution in [3.8, 4) is 5.75 Å². The van der Waals surface area contributed by atoms with Crippen LogP contribution in [0.2, 0.25) is 4.34 Å². The van der Waals surface area contributed by atoms with Crippen molar-refractivity contribution < 1.29 is 22.7 Å². The van der Waals surface area contributed by atoms with Crippen molar-refractivity contribution in [3.63, 3.8) is 0 Å². The molecule has 0 spiro atoms. The molecule has 0 atom stereocenters. The van der Waals surface area contributed by atoms with Gasteiger partial charge in [0.15, 0.2) is 0 Å². The molecule has 0 unspecified atom stereocenters. The SMILES string of the molecule is CCOC(=O)Cn1c(=NS(=O)(=O)c2ccc(Cl)s2)sc2cc(OC)ccc21. The van der Waals surface area contributed by atoms with E-state index < -0.39 is 16.0 Å². The highest BCUT2D eigenvalue weighted by Crippen LogP contribution is 2.27. The molecule has 0 radical (unpaired) electrons. The van der Waals surface area contributed by atoms with Gasteiger partial charge in [-0.1, -0.05) is 22.9 Å². The number of thiazole rings is 1. The van der Waals surface area contributed by atoms with Crippen LogP contribution in [-0.2, 0) is 26.1 Å². The Morgan fingerprint density at radius 2 is 2.04 bits per heavy atom. The first kappa shape index (κ1) is 19.9. The molecule has 3 aromatic rings. The van der Waals surface area contributed by atoms with Gasteiger partial charge in [-0.15, -0.1) is 15.7 Å². The molecule has 0 N–H and O–H groups in total. The van der Waals surface area contributed by atoms with Gasteiger partial charge in [0.2, 0.25) is 4.80 Å². The molecule has 2 aromatic heterocycles. The quantitative estimate of drug-likeness (QED) is 0.542. The van der Waals surface area contributed by atoms with E-state index in [-0.39, 0.29) is 22.2 Å². The zero-order chi connectivity index (χ0) is 19.6. The van der Waals surface area contributed by atoms with Gasteiger partial charge in [-0.25, -0.2) is 0 Å². The van der Waals surface area contributed by atoms with Gasteiger partial charge in [-0.3, -0.25) is 4.79 Å². The topological polar surface area (TPSA) is 87.0 Å². The molecule has 7 nitrogen and oxygen atoms in total. The summed E-state index contributed by atoms with van der Waals surface area (Å²) < 4.78 is 42.0. The average Bonchev–Trinajstić information content (AvgIpc) is 3.19.